The fourth-order valence-corrected chi connectivity index (χ4v) is 3.21. The van der Waals surface area contributed by atoms with Crippen molar-refractivity contribution in [2.24, 2.45) is 5.41 Å². The lowest BCUT2D eigenvalue weighted by molar-refractivity contribution is -0.129. The molecule has 90 valence electrons. The zero-order chi connectivity index (χ0) is 11.7. The summed E-state index contributed by atoms with van der Waals surface area (Å²) in [5.74, 6) is 0.543. The van der Waals surface area contributed by atoms with Gasteiger partial charge >= 0.3 is 0 Å². The number of carbonyl (C=O) groups is 1. The summed E-state index contributed by atoms with van der Waals surface area (Å²) in [5.41, 5.74) is 1.05. The van der Waals surface area contributed by atoms with Crippen LogP contribution in [0.1, 0.15) is 24.3 Å². The Hall–Kier alpha value is -1.42. The second-order valence-corrected chi connectivity index (χ2v) is 4.95. The molecule has 2 saturated heterocycles. The zero-order valence-corrected chi connectivity index (χ0v) is 9.78. The summed E-state index contributed by atoms with van der Waals surface area (Å²) in [6.45, 7) is 2.65. The average molecular weight is 231 g/mol. The predicted molar refractivity (Wildman–Crippen MR) is 64.5 cm³/mol. The summed E-state index contributed by atoms with van der Waals surface area (Å²) in [7, 11) is 0. The minimum Gasteiger partial charge on any atom is -0.355 e. The van der Waals surface area contributed by atoms with Crippen molar-refractivity contribution >= 4 is 5.91 Å². The van der Waals surface area contributed by atoms with Crippen molar-refractivity contribution in [3.05, 3.63) is 30.1 Å². The van der Waals surface area contributed by atoms with Gasteiger partial charge in [0.15, 0.2) is 0 Å². The quantitative estimate of drug-likeness (QED) is 0.746. The summed E-state index contributed by atoms with van der Waals surface area (Å²) >= 11 is 0. The van der Waals surface area contributed by atoms with Gasteiger partial charge in [0.25, 0.3) is 0 Å². The van der Waals surface area contributed by atoms with E-state index in [0.717, 1.165) is 32.5 Å². The average Bonchev–Trinajstić information content (AvgIpc) is 2.69. The van der Waals surface area contributed by atoms with Crippen molar-refractivity contribution in [3.8, 4) is 0 Å². The van der Waals surface area contributed by atoms with Crippen LogP contribution in [0.3, 0.4) is 0 Å². The number of rotatable bonds is 1. The van der Waals surface area contributed by atoms with Crippen LogP contribution in [0.15, 0.2) is 24.5 Å². The number of nitrogens with zero attached hydrogens (tertiary/aromatic N) is 1. The molecule has 1 spiro atoms. The van der Waals surface area contributed by atoms with E-state index in [4.69, 9.17) is 0 Å². The maximum atomic E-state index is 12.2. The van der Waals surface area contributed by atoms with Gasteiger partial charge in [-0.25, -0.2) is 0 Å². The van der Waals surface area contributed by atoms with Crippen molar-refractivity contribution in [2.75, 3.05) is 19.6 Å². The number of hydrogen-bond acceptors (Lipinski definition) is 3. The van der Waals surface area contributed by atoms with E-state index in [-0.39, 0.29) is 11.3 Å². The van der Waals surface area contributed by atoms with E-state index in [0.29, 0.717) is 5.92 Å². The topological polar surface area (TPSA) is 54.0 Å². The molecule has 0 unspecified atom stereocenters. The smallest absolute Gasteiger partial charge is 0.227 e. The fraction of sp³-hybridized carbons (Fsp3) is 0.538. The monoisotopic (exact) mass is 231 g/mol. The molecule has 0 aromatic carbocycles. The van der Waals surface area contributed by atoms with Crippen molar-refractivity contribution in [1.29, 1.82) is 0 Å². The van der Waals surface area contributed by atoms with Crippen LogP contribution < -0.4 is 10.6 Å². The Morgan fingerprint density at radius 2 is 1.94 bits per heavy atom. The Morgan fingerprint density at radius 3 is 2.65 bits per heavy atom. The van der Waals surface area contributed by atoms with Crippen LogP contribution >= 0.6 is 0 Å². The van der Waals surface area contributed by atoms with Crippen molar-refractivity contribution < 1.29 is 4.79 Å². The Balaban J connectivity index is 1.96. The molecule has 2 N–H and O–H groups in total. The van der Waals surface area contributed by atoms with Gasteiger partial charge in [-0.2, -0.15) is 0 Å². The molecule has 1 aromatic rings. The summed E-state index contributed by atoms with van der Waals surface area (Å²) in [6, 6.07) is 4.07. The Morgan fingerprint density at radius 1 is 1.24 bits per heavy atom. The normalized spacial score (nSPS) is 27.1. The molecule has 2 fully saturated rings. The second-order valence-electron chi connectivity index (χ2n) is 4.95. The number of hydrogen-bond donors (Lipinski definition) is 2. The van der Waals surface area contributed by atoms with E-state index in [1.807, 2.05) is 24.5 Å². The Kier molecular flexibility index (Phi) is 2.59. The molecule has 3 heterocycles. The molecule has 4 nitrogen and oxygen atoms in total. The van der Waals surface area contributed by atoms with E-state index in [9.17, 15) is 4.79 Å². The largest absolute Gasteiger partial charge is 0.355 e. The maximum absolute atomic E-state index is 12.2. The van der Waals surface area contributed by atoms with E-state index < -0.39 is 0 Å². The first-order valence-corrected chi connectivity index (χ1v) is 6.22. The molecule has 2 aliphatic rings. The molecule has 0 bridgehead atoms. The lowest BCUT2D eigenvalue weighted by Gasteiger charge is -2.36. The summed E-state index contributed by atoms with van der Waals surface area (Å²) in [4.78, 5) is 16.2. The van der Waals surface area contributed by atoms with Crippen LogP contribution in [0.5, 0.6) is 0 Å². The molecule has 0 saturated carbocycles. The number of piperidine rings is 1. The molecular weight excluding hydrogens is 214 g/mol. The number of nitrogens with one attached hydrogen (secondary N) is 2. The van der Waals surface area contributed by atoms with Crippen molar-refractivity contribution in [2.45, 2.75) is 18.8 Å². The minimum absolute atomic E-state index is 0.188. The lowest BCUT2D eigenvalue weighted by Crippen LogP contribution is -2.44. The third-order valence-electron chi connectivity index (χ3n) is 4.19. The van der Waals surface area contributed by atoms with E-state index >= 15 is 0 Å². The van der Waals surface area contributed by atoms with Crippen LogP contribution in [-0.4, -0.2) is 30.5 Å². The minimum atomic E-state index is -0.188. The summed E-state index contributed by atoms with van der Waals surface area (Å²) < 4.78 is 0. The molecule has 0 radical (unpaired) electrons. The van der Waals surface area contributed by atoms with Gasteiger partial charge in [-0.1, -0.05) is 0 Å². The van der Waals surface area contributed by atoms with Gasteiger partial charge in [-0.15, -0.1) is 0 Å². The molecule has 17 heavy (non-hydrogen) atoms. The fourth-order valence-electron chi connectivity index (χ4n) is 3.21. The standard InChI is InChI=1S/C13H17N3O/c17-12-13(3-7-15-8-4-13)11(9-16-12)10-1-5-14-6-2-10/h1-2,5-6,11,15H,3-4,7-9H2,(H,16,17)/t11-/m1/s1. The third-order valence-corrected chi connectivity index (χ3v) is 4.19. The predicted octanol–water partition coefficient (Wildman–Crippen LogP) is 0.665. The van der Waals surface area contributed by atoms with E-state index in [1.54, 1.807) is 0 Å². The summed E-state index contributed by atoms with van der Waals surface area (Å²) in [5, 5.41) is 6.38. The number of pyridine rings is 1. The maximum Gasteiger partial charge on any atom is 0.227 e. The summed E-state index contributed by atoms with van der Waals surface area (Å²) in [6.07, 6.45) is 5.50. The number of amides is 1. The van der Waals surface area contributed by atoms with Crippen molar-refractivity contribution in [1.82, 2.24) is 15.6 Å². The number of aromatic nitrogens is 1. The van der Waals surface area contributed by atoms with Gasteiger partial charge in [-0.05, 0) is 43.6 Å². The highest BCUT2D eigenvalue weighted by Crippen LogP contribution is 2.46. The highest BCUT2D eigenvalue weighted by molar-refractivity contribution is 5.86. The Bertz CT molecular complexity index is 412. The molecule has 3 rings (SSSR count). The molecule has 1 amide bonds. The van der Waals surface area contributed by atoms with Crippen LogP contribution in [0, 0.1) is 5.41 Å². The third kappa shape index (κ3) is 1.63. The lowest BCUT2D eigenvalue weighted by atomic mass is 9.68. The highest BCUT2D eigenvalue weighted by Gasteiger charge is 2.50. The molecule has 2 aliphatic heterocycles. The van der Waals surface area contributed by atoms with E-state index in [1.165, 1.54) is 5.56 Å². The van der Waals surface area contributed by atoms with Gasteiger partial charge in [0, 0.05) is 24.9 Å². The first-order chi connectivity index (χ1) is 8.33. The second kappa shape index (κ2) is 4.11. The first kappa shape index (κ1) is 10.7. The van der Waals surface area contributed by atoms with Gasteiger partial charge in [0.05, 0.1) is 5.41 Å². The van der Waals surface area contributed by atoms with Crippen LogP contribution in [-0.2, 0) is 4.79 Å². The van der Waals surface area contributed by atoms with Gasteiger partial charge < -0.3 is 10.6 Å². The molecule has 1 aromatic heterocycles. The molecular formula is C13H17N3O. The molecule has 1 atom stereocenters. The number of carbonyl (C=O) groups excluding carboxylic acids is 1. The SMILES string of the molecule is O=C1NC[C@H](c2ccncc2)C12CCNCC2. The zero-order valence-electron chi connectivity index (χ0n) is 9.78. The van der Waals surface area contributed by atoms with E-state index in [2.05, 4.69) is 15.6 Å². The Labute approximate surface area is 101 Å². The van der Waals surface area contributed by atoms with Gasteiger partial charge in [0.1, 0.15) is 0 Å². The molecule has 0 aliphatic carbocycles. The highest BCUT2D eigenvalue weighted by atomic mass is 16.2. The van der Waals surface area contributed by atoms with Gasteiger partial charge in [-0.3, -0.25) is 9.78 Å². The van der Waals surface area contributed by atoms with Crippen LogP contribution in [0.4, 0.5) is 0 Å². The molecule has 4 heteroatoms. The van der Waals surface area contributed by atoms with Gasteiger partial charge in [0.2, 0.25) is 5.91 Å². The van der Waals surface area contributed by atoms with Crippen LogP contribution in [0.25, 0.3) is 0 Å². The van der Waals surface area contributed by atoms with Crippen molar-refractivity contribution in [3.63, 3.8) is 0 Å². The first-order valence-electron chi connectivity index (χ1n) is 6.22. The van der Waals surface area contributed by atoms with Crippen LogP contribution in [0.2, 0.25) is 0 Å².